The summed E-state index contributed by atoms with van der Waals surface area (Å²) in [5.41, 5.74) is 1.11. The van der Waals surface area contributed by atoms with Crippen LogP contribution < -0.4 is 10.2 Å². The molecule has 0 fully saturated rings. The van der Waals surface area contributed by atoms with Crippen molar-refractivity contribution in [2.24, 2.45) is 0 Å². The van der Waals surface area contributed by atoms with Crippen LogP contribution in [-0.4, -0.2) is 25.1 Å². The first-order valence-corrected chi connectivity index (χ1v) is 6.76. The number of nitrogens with one attached hydrogen (secondary N) is 1. The van der Waals surface area contributed by atoms with Gasteiger partial charge in [-0.15, -0.1) is 6.58 Å². The van der Waals surface area contributed by atoms with Crippen molar-refractivity contribution in [3.8, 4) is 0 Å². The summed E-state index contributed by atoms with van der Waals surface area (Å²) < 4.78 is 0. The summed E-state index contributed by atoms with van der Waals surface area (Å²) in [6.45, 7) is 8.83. The molecule has 0 unspecified atom stereocenters. The van der Waals surface area contributed by atoms with Gasteiger partial charge >= 0.3 is 0 Å². The topological polar surface area (TPSA) is 28.2 Å². The lowest BCUT2D eigenvalue weighted by molar-refractivity contribution is 0.663. The Morgan fingerprint density at radius 2 is 2.28 bits per heavy atom. The fourth-order valence-electron chi connectivity index (χ4n) is 1.76. The molecule has 100 valence electrons. The minimum atomic E-state index is 0.849. The van der Waals surface area contributed by atoms with Crippen LogP contribution in [0.1, 0.15) is 31.9 Å². The third kappa shape index (κ3) is 5.32. The molecule has 0 bridgehead atoms. The highest BCUT2D eigenvalue weighted by Crippen LogP contribution is 2.10. The van der Waals surface area contributed by atoms with E-state index in [0.29, 0.717) is 0 Å². The number of pyridine rings is 1. The van der Waals surface area contributed by atoms with Crippen LogP contribution in [0.25, 0.3) is 0 Å². The van der Waals surface area contributed by atoms with E-state index < -0.39 is 0 Å². The van der Waals surface area contributed by atoms with Crippen molar-refractivity contribution in [1.82, 2.24) is 10.3 Å². The Morgan fingerprint density at radius 3 is 3.00 bits per heavy atom. The smallest absolute Gasteiger partial charge is 0.128 e. The van der Waals surface area contributed by atoms with E-state index in [1.165, 1.54) is 0 Å². The largest absolute Gasteiger partial charge is 0.360 e. The van der Waals surface area contributed by atoms with Gasteiger partial charge in [0.25, 0.3) is 0 Å². The maximum Gasteiger partial charge on any atom is 0.128 e. The van der Waals surface area contributed by atoms with Crippen LogP contribution in [0.2, 0.25) is 0 Å². The SMILES string of the molecule is C=CCCCN(C)c1cccc(CNCCC)n1. The molecule has 0 saturated heterocycles. The Hall–Kier alpha value is -1.35. The molecule has 1 N–H and O–H groups in total. The number of hydrogen-bond donors (Lipinski definition) is 1. The Bertz CT molecular complexity index is 349. The Morgan fingerprint density at radius 1 is 1.44 bits per heavy atom. The molecule has 0 aliphatic heterocycles. The van der Waals surface area contributed by atoms with Crippen LogP contribution in [0.5, 0.6) is 0 Å². The van der Waals surface area contributed by atoms with Crippen molar-refractivity contribution in [2.45, 2.75) is 32.7 Å². The molecule has 3 nitrogen and oxygen atoms in total. The number of hydrogen-bond acceptors (Lipinski definition) is 3. The van der Waals surface area contributed by atoms with Crippen LogP contribution in [-0.2, 0) is 6.54 Å². The van der Waals surface area contributed by atoms with Crippen LogP contribution in [0.15, 0.2) is 30.9 Å². The molecule has 0 saturated carbocycles. The first-order valence-electron chi connectivity index (χ1n) is 6.76. The van der Waals surface area contributed by atoms with Crippen molar-refractivity contribution < 1.29 is 0 Å². The molecule has 0 radical (unpaired) electrons. The summed E-state index contributed by atoms with van der Waals surface area (Å²) in [6.07, 6.45) is 5.30. The maximum absolute atomic E-state index is 4.66. The van der Waals surface area contributed by atoms with E-state index in [2.05, 4.69) is 54.0 Å². The highest BCUT2D eigenvalue weighted by molar-refractivity contribution is 5.38. The van der Waals surface area contributed by atoms with Gasteiger partial charge in [-0.2, -0.15) is 0 Å². The number of nitrogens with zero attached hydrogens (tertiary/aromatic N) is 2. The zero-order valence-electron chi connectivity index (χ0n) is 11.7. The zero-order chi connectivity index (χ0) is 13.2. The van der Waals surface area contributed by atoms with Crippen LogP contribution in [0, 0.1) is 0 Å². The van der Waals surface area contributed by atoms with Gasteiger partial charge in [0.2, 0.25) is 0 Å². The van der Waals surface area contributed by atoms with Crippen molar-refractivity contribution in [2.75, 3.05) is 25.0 Å². The van der Waals surface area contributed by atoms with Gasteiger partial charge in [-0.1, -0.05) is 19.1 Å². The molecular weight excluding hydrogens is 222 g/mol. The second-order valence-corrected chi connectivity index (χ2v) is 4.52. The van der Waals surface area contributed by atoms with Gasteiger partial charge < -0.3 is 10.2 Å². The fraction of sp³-hybridized carbons (Fsp3) is 0.533. The van der Waals surface area contributed by atoms with E-state index in [9.17, 15) is 0 Å². The van der Waals surface area contributed by atoms with E-state index in [1.54, 1.807) is 0 Å². The molecule has 1 heterocycles. The highest BCUT2D eigenvalue weighted by Gasteiger charge is 2.02. The summed E-state index contributed by atoms with van der Waals surface area (Å²) in [7, 11) is 2.09. The lowest BCUT2D eigenvalue weighted by Gasteiger charge is -2.18. The predicted molar refractivity (Wildman–Crippen MR) is 78.9 cm³/mol. The first kappa shape index (κ1) is 14.7. The summed E-state index contributed by atoms with van der Waals surface area (Å²) >= 11 is 0. The molecule has 0 amide bonds. The molecule has 0 atom stereocenters. The Kier molecular flexibility index (Phi) is 7.11. The Balaban J connectivity index is 2.49. The summed E-state index contributed by atoms with van der Waals surface area (Å²) in [4.78, 5) is 6.86. The van der Waals surface area contributed by atoms with Crippen LogP contribution >= 0.6 is 0 Å². The number of unbranched alkanes of at least 4 members (excludes halogenated alkanes) is 1. The van der Waals surface area contributed by atoms with Gasteiger partial charge in [-0.25, -0.2) is 4.98 Å². The normalized spacial score (nSPS) is 10.3. The quantitative estimate of drug-likeness (QED) is 0.537. The monoisotopic (exact) mass is 247 g/mol. The van der Waals surface area contributed by atoms with Gasteiger partial charge in [0, 0.05) is 20.1 Å². The maximum atomic E-state index is 4.66. The molecule has 0 spiro atoms. The number of aromatic nitrogens is 1. The average molecular weight is 247 g/mol. The third-order valence-electron chi connectivity index (χ3n) is 2.82. The van der Waals surface area contributed by atoms with Crippen molar-refractivity contribution >= 4 is 5.82 Å². The molecule has 0 aromatic carbocycles. The average Bonchev–Trinajstić information content (AvgIpc) is 2.39. The van der Waals surface area contributed by atoms with Crippen molar-refractivity contribution in [3.63, 3.8) is 0 Å². The first-order chi connectivity index (χ1) is 8.77. The number of allylic oxidation sites excluding steroid dienone is 1. The highest BCUT2D eigenvalue weighted by atomic mass is 15.2. The van der Waals surface area contributed by atoms with Crippen molar-refractivity contribution in [3.05, 3.63) is 36.5 Å². The van der Waals surface area contributed by atoms with E-state index in [-0.39, 0.29) is 0 Å². The van der Waals surface area contributed by atoms with Gasteiger partial charge in [0.15, 0.2) is 0 Å². The molecular formula is C15H25N3. The van der Waals surface area contributed by atoms with Gasteiger partial charge in [0.05, 0.1) is 5.69 Å². The fourth-order valence-corrected chi connectivity index (χ4v) is 1.76. The second kappa shape index (κ2) is 8.70. The molecule has 0 aliphatic rings. The Labute approximate surface area is 111 Å². The number of rotatable bonds is 9. The van der Waals surface area contributed by atoms with Gasteiger partial charge in [-0.3, -0.25) is 0 Å². The van der Waals surface area contributed by atoms with E-state index >= 15 is 0 Å². The van der Waals surface area contributed by atoms with Crippen LogP contribution in [0.3, 0.4) is 0 Å². The molecule has 1 rings (SSSR count). The summed E-state index contributed by atoms with van der Waals surface area (Å²) in [5.74, 6) is 1.05. The predicted octanol–water partition coefficient (Wildman–Crippen LogP) is 2.98. The second-order valence-electron chi connectivity index (χ2n) is 4.52. The summed E-state index contributed by atoms with van der Waals surface area (Å²) in [5, 5.41) is 3.38. The molecule has 1 aromatic heterocycles. The molecule has 3 heteroatoms. The molecule has 0 aliphatic carbocycles. The van der Waals surface area contributed by atoms with Crippen molar-refractivity contribution in [1.29, 1.82) is 0 Å². The van der Waals surface area contributed by atoms with E-state index in [1.807, 2.05) is 6.08 Å². The minimum absolute atomic E-state index is 0.849. The van der Waals surface area contributed by atoms with E-state index in [0.717, 1.165) is 50.4 Å². The minimum Gasteiger partial charge on any atom is -0.360 e. The van der Waals surface area contributed by atoms with Gasteiger partial charge in [-0.05, 0) is 37.9 Å². The molecule has 1 aromatic rings. The van der Waals surface area contributed by atoms with Gasteiger partial charge in [0.1, 0.15) is 5.82 Å². The lowest BCUT2D eigenvalue weighted by atomic mass is 10.3. The standard InChI is InChI=1S/C15H25N3/c1-4-6-7-12-18(3)15-10-8-9-14(17-15)13-16-11-5-2/h4,8-10,16H,1,5-7,11-13H2,2-3H3. The molecule has 18 heavy (non-hydrogen) atoms. The third-order valence-corrected chi connectivity index (χ3v) is 2.82. The summed E-state index contributed by atoms with van der Waals surface area (Å²) in [6, 6.07) is 6.22. The van der Waals surface area contributed by atoms with E-state index in [4.69, 9.17) is 0 Å². The number of anilines is 1. The lowest BCUT2D eigenvalue weighted by Crippen LogP contribution is -2.21. The zero-order valence-corrected chi connectivity index (χ0v) is 11.7. The van der Waals surface area contributed by atoms with Crippen LogP contribution in [0.4, 0.5) is 5.82 Å².